The van der Waals surface area contributed by atoms with Crippen LogP contribution in [0.5, 0.6) is 0 Å². The molecular formula is C24H21N5O3. The molecule has 4 aromatic rings. The van der Waals surface area contributed by atoms with Crippen LogP contribution in [0.4, 0.5) is 17.3 Å². The summed E-state index contributed by atoms with van der Waals surface area (Å²) >= 11 is 0. The average molecular weight is 427 g/mol. The fraction of sp³-hybridized carbons (Fsp3) is 0.0833. The van der Waals surface area contributed by atoms with E-state index in [2.05, 4.69) is 27.4 Å². The Morgan fingerprint density at radius 2 is 1.81 bits per heavy atom. The number of nitrogens with zero attached hydrogens (tertiary/aromatic N) is 2. The summed E-state index contributed by atoms with van der Waals surface area (Å²) in [5.41, 5.74) is 11.4. The Labute approximate surface area is 184 Å². The van der Waals surface area contributed by atoms with Crippen molar-refractivity contribution in [2.24, 2.45) is 0 Å². The zero-order valence-corrected chi connectivity index (χ0v) is 17.6. The number of aromatic nitrogens is 2. The highest BCUT2D eigenvalue weighted by Crippen LogP contribution is 2.33. The van der Waals surface area contributed by atoms with E-state index in [1.165, 1.54) is 6.08 Å². The third-order valence-electron chi connectivity index (χ3n) is 4.99. The fourth-order valence-electron chi connectivity index (χ4n) is 3.40. The van der Waals surface area contributed by atoms with E-state index < -0.39 is 0 Å². The molecule has 160 valence electrons. The van der Waals surface area contributed by atoms with Crippen LogP contribution in [0.15, 0.2) is 65.7 Å². The second kappa shape index (κ2) is 8.35. The zero-order chi connectivity index (χ0) is 22.8. The predicted octanol–water partition coefficient (Wildman–Crippen LogP) is 4.47. The molecule has 2 aromatic carbocycles. The van der Waals surface area contributed by atoms with E-state index in [4.69, 9.17) is 10.3 Å². The quantitative estimate of drug-likeness (QED) is 0.404. The van der Waals surface area contributed by atoms with Crippen molar-refractivity contribution in [2.45, 2.75) is 13.8 Å². The Balaban J connectivity index is 1.54. The molecule has 2 heterocycles. The molecule has 0 radical (unpaired) electrons. The van der Waals surface area contributed by atoms with Gasteiger partial charge in [-0.05, 0) is 67.4 Å². The average Bonchev–Trinajstić information content (AvgIpc) is 3.15. The molecule has 8 nitrogen and oxygen atoms in total. The lowest BCUT2D eigenvalue weighted by Crippen LogP contribution is -2.13. The van der Waals surface area contributed by atoms with Gasteiger partial charge >= 0.3 is 0 Å². The second-order valence-electron chi connectivity index (χ2n) is 7.31. The van der Waals surface area contributed by atoms with Crippen LogP contribution < -0.4 is 16.4 Å². The van der Waals surface area contributed by atoms with Crippen molar-refractivity contribution < 1.29 is 14.1 Å². The lowest BCUT2D eigenvalue weighted by Gasteiger charge is -2.10. The van der Waals surface area contributed by atoms with Crippen molar-refractivity contribution in [1.29, 1.82) is 0 Å². The van der Waals surface area contributed by atoms with Crippen molar-refractivity contribution in [3.63, 3.8) is 0 Å². The van der Waals surface area contributed by atoms with Crippen LogP contribution in [0.3, 0.4) is 0 Å². The molecule has 0 aliphatic heterocycles. The van der Waals surface area contributed by atoms with E-state index >= 15 is 0 Å². The first-order valence-corrected chi connectivity index (χ1v) is 9.84. The molecule has 0 atom stereocenters. The maximum Gasteiger partial charge on any atom is 0.255 e. The first-order chi connectivity index (χ1) is 15.4. The molecule has 2 aromatic heterocycles. The number of anilines is 3. The largest absolute Gasteiger partial charge is 0.367 e. The van der Waals surface area contributed by atoms with Crippen LogP contribution in [0, 0.1) is 13.8 Å². The van der Waals surface area contributed by atoms with E-state index in [1.807, 2.05) is 44.2 Å². The number of rotatable bonds is 5. The molecule has 0 unspecified atom stereocenters. The number of hydrogen-bond donors (Lipinski definition) is 3. The Morgan fingerprint density at radius 1 is 1.06 bits per heavy atom. The SMILES string of the molecule is C=CC(=O)Nc1ccc(C(=O)Nc2ccc(-c3cc(C)nc4noc(N)c34)cc2)cc1C. The van der Waals surface area contributed by atoms with E-state index in [0.29, 0.717) is 28.0 Å². The number of nitrogens with two attached hydrogens (primary N) is 1. The molecule has 0 saturated carbocycles. The van der Waals surface area contributed by atoms with Crippen LogP contribution >= 0.6 is 0 Å². The van der Waals surface area contributed by atoms with Gasteiger partial charge in [0, 0.05) is 28.2 Å². The van der Waals surface area contributed by atoms with E-state index in [9.17, 15) is 9.59 Å². The Morgan fingerprint density at radius 3 is 2.50 bits per heavy atom. The van der Waals surface area contributed by atoms with Gasteiger partial charge in [0.15, 0.2) is 0 Å². The lowest BCUT2D eigenvalue weighted by molar-refractivity contribution is -0.111. The maximum atomic E-state index is 12.7. The minimum atomic E-state index is -0.306. The zero-order valence-electron chi connectivity index (χ0n) is 17.6. The summed E-state index contributed by atoms with van der Waals surface area (Å²) in [5, 5.41) is 10.1. The van der Waals surface area contributed by atoms with Gasteiger partial charge in [-0.3, -0.25) is 9.59 Å². The standard InChI is InChI=1S/C24H21N5O3/c1-4-20(30)28-19-10-7-16(11-13(19)2)24(31)27-17-8-5-15(6-9-17)18-12-14(3)26-23-21(18)22(25)32-29-23/h4-12H,1,25H2,2-3H3,(H,27,31)(H,28,30). The van der Waals surface area contributed by atoms with Crippen LogP contribution in [-0.4, -0.2) is 22.0 Å². The number of nitrogens with one attached hydrogen (secondary N) is 2. The fourth-order valence-corrected chi connectivity index (χ4v) is 3.40. The highest BCUT2D eigenvalue weighted by atomic mass is 16.5. The van der Waals surface area contributed by atoms with Gasteiger partial charge in [0.2, 0.25) is 17.4 Å². The van der Waals surface area contributed by atoms with Crippen molar-refractivity contribution >= 4 is 40.1 Å². The molecule has 8 heteroatoms. The highest BCUT2D eigenvalue weighted by Gasteiger charge is 2.15. The molecular weight excluding hydrogens is 406 g/mol. The van der Waals surface area contributed by atoms with E-state index in [-0.39, 0.29) is 17.7 Å². The summed E-state index contributed by atoms with van der Waals surface area (Å²) in [6, 6.07) is 14.4. The Kier molecular flexibility index (Phi) is 5.43. The van der Waals surface area contributed by atoms with Gasteiger partial charge in [0.25, 0.3) is 5.91 Å². The van der Waals surface area contributed by atoms with Crippen molar-refractivity contribution in [3.05, 3.63) is 78.0 Å². The number of nitrogen functional groups attached to an aromatic ring is 1. The van der Waals surface area contributed by atoms with Gasteiger partial charge in [-0.25, -0.2) is 4.98 Å². The molecule has 4 rings (SSSR count). The smallest absolute Gasteiger partial charge is 0.255 e. The van der Waals surface area contributed by atoms with Crippen molar-refractivity contribution in [1.82, 2.24) is 10.1 Å². The number of aryl methyl sites for hydroxylation is 2. The molecule has 0 aliphatic rings. The number of carbonyl (C=O) groups excluding carboxylic acids is 2. The van der Waals surface area contributed by atoms with Gasteiger partial charge in [-0.1, -0.05) is 23.9 Å². The third kappa shape index (κ3) is 4.06. The summed E-state index contributed by atoms with van der Waals surface area (Å²) in [5.74, 6) is -0.351. The van der Waals surface area contributed by atoms with Crippen LogP contribution in [0.2, 0.25) is 0 Å². The van der Waals surface area contributed by atoms with Gasteiger partial charge in [0.05, 0.1) is 5.39 Å². The predicted molar refractivity (Wildman–Crippen MR) is 124 cm³/mol. The minimum absolute atomic E-state index is 0.211. The molecule has 0 saturated heterocycles. The third-order valence-corrected chi connectivity index (χ3v) is 4.99. The highest BCUT2D eigenvalue weighted by molar-refractivity contribution is 6.06. The van der Waals surface area contributed by atoms with Crippen molar-refractivity contribution in [3.8, 4) is 11.1 Å². The molecule has 32 heavy (non-hydrogen) atoms. The lowest BCUT2D eigenvalue weighted by atomic mass is 10.0. The monoisotopic (exact) mass is 427 g/mol. The Bertz CT molecular complexity index is 1360. The van der Waals surface area contributed by atoms with Gasteiger partial charge in [-0.2, -0.15) is 0 Å². The summed E-state index contributed by atoms with van der Waals surface area (Å²) in [7, 11) is 0. The van der Waals surface area contributed by atoms with E-state index in [0.717, 1.165) is 22.4 Å². The van der Waals surface area contributed by atoms with Gasteiger partial charge < -0.3 is 20.9 Å². The first kappa shape index (κ1) is 20.8. The van der Waals surface area contributed by atoms with Gasteiger partial charge in [0.1, 0.15) is 0 Å². The number of pyridine rings is 1. The normalized spacial score (nSPS) is 10.7. The molecule has 2 amide bonds. The number of hydrogen-bond acceptors (Lipinski definition) is 6. The molecule has 0 fully saturated rings. The van der Waals surface area contributed by atoms with Crippen LogP contribution in [0.1, 0.15) is 21.6 Å². The number of carbonyl (C=O) groups is 2. The van der Waals surface area contributed by atoms with Crippen LogP contribution in [-0.2, 0) is 4.79 Å². The second-order valence-corrected chi connectivity index (χ2v) is 7.31. The number of fused-ring (bicyclic) bond motifs is 1. The molecule has 0 aliphatic carbocycles. The van der Waals surface area contributed by atoms with Gasteiger partial charge in [-0.15, -0.1) is 0 Å². The number of amides is 2. The Hall–Kier alpha value is -4.46. The van der Waals surface area contributed by atoms with Crippen molar-refractivity contribution in [2.75, 3.05) is 16.4 Å². The maximum absolute atomic E-state index is 12.7. The first-order valence-electron chi connectivity index (χ1n) is 9.84. The van der Waals surface area contributed by atoms with E-state index in [1.54, 1.807) is 18.2 Å². The molecule has 0 bridgehead atoms. The summed E-state index contributed by atoms with van der Waals surface area (Å²) in [4.78, 5) is 28.5. The molecule has 4 N–H and O–H groups in total. The summed E-state index contributed by atoms with van der Waals surface area (Å²) in [6.45, 7) is 7.12. The number of benzene rings is 2. The topological polar surface area (TPSA) is 123 Å². The minimum Gasteiger partial charge on any atom is -0.367 e. The summed E-state index contributed by atoms with van der Waals surface area (Å²) in [6.07, 6.45) is 1.19. The van der Waals surface area contributed by atoms with Crippen LogP contribution in [0.25, 0.3) is 22.2 Å². The summed E-state index contributed by atoms with van der Waals surface area (Å²) < 4.78 is 5.08. The molecule has 0 spiro atoms.